The molecular formula is C10H12N4. The predicted molar refractivity (Wildman–Crippen MR) is 56.1 cm³/mol. The van der Waals surface area contributed by atoms with E-state index in [1.165, 1.54) is 0 Å². The molecule has 0 saturated heterocycles. The third-order valence-corrected chi connectivity index (χ3v) is 1.96. The highest BCUT2D eigenvalue weighted by Crippen LogP contribution is 2.17. The molecule has 2 aromatic rings. The van der Waals surface area contributed by atoms with Crippen molar-refractivity contribution in [1.82, 2.24) is 15.2 Å². The normalized spacial score (nSPS) is 10.1. The Hall–Kier alpha value is -1.84. The van der Waals surface area contributed by atoms with Crippen LogP contribution in [0.1, 0.15) is 0 Å². The van der Waals surface area contributed by atoms with Crippen LogP contribution < -0.4 is 4.90 Å². The topological polar surface area (TPSA) is 44.8 Å². The highest BCUT2D eigenvalue weighted by Gasteiger charge is 2.04. The van der Waals surface area contributed by atoms with E-state index >= 15 is 0 Å². The zero-order valence-electron chi connectivity index (χ0n) is 8.23. The quantitative estimate of drug-likeness (QED) is 0.777. The number of H-pyrrole nitrogens is 1. The van der Waals surface area contributed by atoms with E-state index in [0.717, 1.165) is 17.2 Å². The number of nitrogens with one attached hydrogen (secondary N) is 1. The maximum atomic E-state index is 4.23. The Morgan fingerprint density at radius 2 is 2.14 bits per heavy atom. The summed E-state index contributed by atoms with van der Waals surface area (Å²) in [6, 6.07) is 7.78. The van der Waals surface area contributed by atoms with Gasteiger partial charge < -0.3 is 4.90 Å². The van der Waals surface area contributed by atoms with Crippen molar-refractivity contribution in [1.29, 1.82) is 0 Å². The lowest BCUT2D eigenvalue weighted by molar-refractivity contribution is 1.01. The van der Waals surface area contributed by atoms with Gasteiger partial charge in [-0.3, -0.25) is 10.1 Å². The summed E-state index contributed by atoms with van der Waals surface area (Å²) in [5.74, 6) is 0.908. The third kappa shape index (κ3) is 1.59. The number of aromatic amines is 1. The first-order valence-corrected chi connectivity index (χ1v) is 4.41. The first-order valence-electron chi connectivity index (χ1n) is 4.41. The Morgan fingerprint density at radius 3 is 2.71 bits per heavy atom. The van der Waals surface area contributed by atoms with E-state index in [2.05, 4.69) is 15.2 Å². The molecule has 0 atom stereocenters. The number of pyridine rings is 1. The molecule has 2 aromatic heterocycles. The van der Waals surface area contributed by atoms with E-state index in [0.29, 0.717) is 0 Å². The van der Waals surface area contributed by atoms with Gasteiger partial charge in [-0.1, -0.05) is 6.07 Å². The van der Waals surface area contributed by atoms with Gasteiger partial charge in [-0.15, -0.1) is 0 Å². The molecule has 4 nitrogen and oxygen atoms in total. The molecule has 4 heteroatoms. The minimum absolute atomic E-state index is 0.908. The molecule has 0 aromatic carbocycles. The van der Waals surface area contributed by atoms with E-state index in [4.69, 9.17) is 0 Å². The molecule has 2 rings (SSSR count). The maximum absolute atomic E-state index is 4.23. The molecular weight excluding hydrogens is 176 g/mol. The number of anilines is 1. The van der Waals surface area contributed by atoms with Gasteiger partial charge in [-0.05, 0) is 12.1 Å². The number of nitrogens with zero attached hydrogens (tertiary/aromatic N) is 3. The van der Waals surface area contributed by atoms with Crippen LogP contribution in [0.3, 0.4) is 0 Å². The zero-order valence-corrected chi connectivity index (χ0v) is 8.23. The van der Waals surface area contributed by atoms with Crippen molar-refractivity contribution in [3.05, 3.63) is 30.5 Å². The number of hydrogen-bond acceptors (Lipinski definition) is 3. The summed E-state index contributed by atoms with van der Waals surface area (Å²) < 4.78 is 0. The van der Waals surface area contributed by atoms with Crippen LogP contribution in [-0.2, 0) is 0 Å². The molecule has 0 radical (unpaired) electrons. The monoisotopic (exact) mass is 188 g/mol. The first kappa shape index (κ1) is 8.74. The fourth-order valence-corrected chi connectivity index (χ4v) is 1.19. The van der Waals surface area contributed by atoms with Gasteiger partial charge in [0.05, 0.1) is 11.4 Å². The molecule has 0 saturated carbocycles. The average molecular weight is 188 g/mol. The molecule has 0 unspecified atom stereocenters. The lowest BCUT2D eigenvalue weighted by atomic mass is 10.3. The van der Waals surface area contributed by atoms with Crippen molar-refractivity contribution in [3.63, 3.8) is 0 Å². The van der Waals surface area contributed by atoms with Crippen LogP contribution in [0.25, 0.3) is 11.4 Å². The number of rotatable bonds is 2. The fraction of sp³-hybridized carbons (Fsp3) is 0.200. The Balaban J connectivity index is 2.34. The molecule has 2 heterocycles. The molecule has 72 valence electrons. The van der Waals surface area contributed by atoms with Crippen molar-refractivity contribution < 1.29 is 0 Å². The van der Waals surface area contributed by atoms with Crippen LogP contribution in [0.4, 0.5) is 5.82 Å². The second-order valence-electron chi connectivity index (χ2n) is 3.25. The molecule has 14 heavy (non-hydrogen) atoms. The van der Waals surface area contributed by atoms with E-state index in [1.54, 1.807) is 6.20 Å². The van der Waals surface area contributed by atoms with Crippen LogP contribution in [0.5, 0.6) is 0 Å². The molecule has 0 aliphatic heterocycles. The van der Waals surface area contributed by atoms with Gasteiger partial charge in [0.2, 0.25) is 0 Å². The Kier molecular flexibility index (Phi) is 2.18. The number of hydrogen-bond donors (Lipinski definition) is 1. The summed E-state index contributed by atoms with van der Waals surface area (Å²) in [5.41, 5.74) is 1.85. The molecule has 0 fully saturated rings. The number of aromatic nitrogens is 3. The third-order valence-electron chi connectivity index (χ3n) is 1.96. The van der Waals surface area contributed by atoms with Gasteiger partial charge in [0, 0.05) is 26.4 Å². The van der Waals surface area contributed by atoms with Crippen LogP contribution in [0.2, 0.25) is 0 Å². The predicted octanol–water partition coefficient (Wildman–Crippen LogP) is 1.54. The molecule has 0 aliphatic carbocycles. The Morgan fingerprint density at radius 1 is 1.29 bits per heavy atom. The summed E-state index contributed by atoms with van der Waals surface area (Å²) in [6.45, 7) is 0. The summed E-state index contributed by atoms with van der Waals surface area (Å²) in [6.07, 6.45) is 1.77. The Labute approximate surface area is 82.6 Å². The van der Waals surface area contributed by atoms with Crippen molar-refractivity contribution in [2.75, 3.05) is 19.0 Å². The van der Waals surface area contributed by atoms with E-state index < -0.39 is 0 Å². The lowest BCUT2D eigenvalue weighted by Gasteiger charge is -2.05. The van der Waals surface area contributed by atoms with Gasteiger partial charge >= 0.3 is 0 Å². The van der Waals surface area contributed by atoms with E-state index in [-0.39, 0.29) is 0 Å². The van der Waals surface area contributed by atoms with Crippen molar-refractivity contribution in [2.24, 2.45) is 0 Å². The maximum Gasteiger partial charge on any atom is 0.150 e. The van der Waals surface area contributed by atoms with Gasteiger partial charge in [0.1, 0.15) is 0 Å². The summed E-state index contributed by atoms with van der Waals surface area (Å²) in [5, 5.41) is 7.10. The first-order chi connectivity index (χ1) is 6.77. The van der Waals surface area contributed by atoms with E-state index in [9.17, 15) is 0 Å². The van der Waals surface area contributed by atoms with Crippen LogP contribution in [0, 0.1) is 0 Å². The lowest BCUT2D eigenvalue weighted by Crippen LogP contribution is -2.08. The molecule has 0 bridgehead atoms. The van der Waals surface area contributed by atoms with Crippen molar-refractivity contribution >= 4 is 5.82 Å². The molecule has 0 spiro atoms. The van der Waals surface area contributed by atoms with Gasteiger partial charge in [0.25, 0.3) is 0 Å². The second kappa shape index (κ2) is 3.49. The second-order valence-corrected chi connectivity index (χ2v) is 3.25. The Bertz CT molecular complexity index is 405. The van der Waals surface area contributed by atoms with Gasteiger partial charge in [0.15, 0.2) is 5.82 Å². The average Bonchev–Trinajstić information content (AvgIpc) is 2.68. The minimum Gasteiger partial charge on any atom is -0.361 e. The van der Waals surface area contributed by atoms with E-state index in [1.807, 2.05) is 43.3 Å². The van der Waals surface area contributed by atoms with Crippen molar-refractivity contribution in [2.45, 2.75) is 0 Å². The SMILES string of the molecule is CN(C)c1cc(-c2ccccn2)[nH]n1. The van der Waals surface area contributed by atoms with Crippen molar-refractivity contribution in [3.8, 4) is 11.4 Å². The van der Waals surface area contributed by atoms with Gasteiger partial charge in [-0.25, -0.2) is 0 Å². The van der Waals surface area contributed by atoms with Gasteiger partial charge in [-0.2, -0.15) is 5.10 Å². The highest BCUT2D eigenvalue weighted by atomic mass is 15.2. The minimum atomic E-state index is 0.908. The highest BCUT2D eigenvalue weighted by molar-refractivity contribution is 5.58. The molecule has 0 aliphatic rings. The zero-order chi connectivity index (χ0) is 9.97. The largest absolute Gasteiger partial charge is 0.361 e. The summed E-state index contributed by atoms with van der Waals surface area (Å²) >= 11 is 0. The summed E-state index contributed by atoms with van der Waals surface area (Å²) in [7, 11) is 3.91. The fourth-order valence-electron chi connectivity index (χ4n) is 1.19. The molecule has 1 N–H and O–H groups in total. The van der Waals surface area contributed by atoms with Crippen LogP contribution in [-0.4, -0.2) is 29.3 Å². The molecule has 0 amide bonds. The summed E-state index contributed by atoms with van der Waals surface area (Å²) in [4.78, 5) is 6.18. The smallest absolute Gasteiger partial charge is 0.150 e. The standard InChI is InChI=1S/C10H12N4/c1-14(2)10-7-9(12-13-10)8-5-3-4-6-11-8/h3-7H,1-2H3,(H,12,13). The van der Waals surface area contributed by atoms with Crippen LogP contribution in [0.15, 0.2) is 30.5 Å². The van der Waals surface area contributed by atoms with Crippen LogP contribution >= 0.6 is 0 Å².